The van der Waals surface area contributed by atoms with Crippen molar-refractivity contribution in [2.24, 2.45) is 0 Å². The van der Waals surface area contributed by atoms with E-state index in [1.807, 2.05) is 25.1 Å². The van der Waals surface area contributed by atoms with Crippen molar-refractivity contribution in [3.8, 4) is 11.5 Å². The highest BCUT2D eigenvalue weighted by atomic mass is 16.5. The summed E-state index contributed by atoms with van der Waals surface area (Å²) in [5.74, 6) is 1.74. The molecular formula is C19H24O2. The van der Waals surface area contributed by atoms with E-state index in [1.165, 1.54) is 11.1 Å². The smallest absolute Gasteiger partial charge is 0.131 e. The maximum atomic E-state index is 9.19. The van der Waals surface area contributed by atoms with Crippen LogP contribution in [0.3, 0.4) is 0 Å². The summed E-state index contributed by atoms with van der Waals surface area (Å²) in [5, 5.41) is 9.19. The third-order valence-corrected chi connectivity index (χ3v) is 3.59. The summed E-state index contributed by atoms with van der Waals surface area (Å²) in [4.78, 5) is 0. The predicted octanol–water partition coefficient (Wildman–Crippen LogP) is 4.89. The monoisotopic (exact) mass is 284 g/mol. The van der Waals surface area contributed by atoms with Crippen molar-refractivity contribution in [3.05, 3.63) is 58.7 Å². The molecule has 0 aliphatic carbocycles. The molecule has 0 aromatic heterocycles. The number of hydrogen-bond acceptors (Lipinski definition) is 2. The molecule has 1 N–H and O–H groups in total. The molecule has 112 valence electrons. The van der Waals surface area contributed by atoms with Gasteiger partial charge in [-0.1, -0.05) is 45.0 Å². The van der Waals surface area contributed by atoms with Gasteiger partial charge in [-0.15, -0.1) is 0 Å². The lowest BCUT2D eigenvalue weighted by molar-refractivity contribution is 0.281. The minimum Gasteiger partial charge on any atom is -0.457 e. The molecule has 2 nitrogen and oxygen atoms in total. The molecule has 0 aliphatic rings. The summed E-state index contributed by atoms with van der Waals surface area (Å²) in [5.41, 5.74) is 4.34. The Kier molecular flexibility index (Phi) is 4.38. The van der Waals surface area contributed by atoms with Crippen LogP contribution in [0.4, 0.5) is 0 Å². The van der Waals surface area contributed by atoms with Crippen molar-refractivity contribution in [1.29, 1.82) is 0 Å². The number of aliphatic hydroxyl groups excluding tert-OH is 1. The van der Waals surface area contributed by atoms with E-state index in [0.717, 1.165) is 22.6 Å². The lowest BCUT2D eigenvalue weighted by Crippen LogP contribution is -2.12. The van der Waals surface area contributed by atoms with Crippen LogP contribution in [0.1, 0.15) is 43.0 Å². The second-order valence-electron chi connectivity index (χ2n) is 6.61. The lowest BCUT2D eigenvalue weighted by Gasteiger charge is -2.23. The molecule has 2 rings (SSSR count). The molecular weight excluding hydrogens is 260 g/mol. The lowest BCUT2D eigenvalue weighted by atomic mass is 9.86. The molecule has 0 aliphatic heterocycles. The molecule has 0 spiro atoms. The first-order valence-electron chi connectivity index (χ1n) is 7.30. The Hall–Kier alpha value is -1.80. The molecule has 0 saturated carbocycles. The second-order valence-corrected chi connectivity index (χ2v) is 6.61. The number of hydrogen-bond donors (Lipinski definition) is 1. The van der Waals surface area contributed by atoms with E-state index in [9.17, 15) is 5.11 Å². The molecule has 2 heteroatoms. The van der Waals surface area contributed by atoms with Gasteiger partial charge in [-0.25, -0.2) is 0 Å². The van der Waals surface area contributed by atoms with Crippen LogP contribution in [0.25, 0.3) is 0 Å². The van der Waals surface area contributed by atoms with Crippen molar-refractivity contribution in [2.45, 2.75) is 46.6 Å². The fraction of sp³-hybridized carbons (Fsp3) is 0.368. The highest BCUT2D eigenvalue weighted by Gasteiger charge is 2.19. The largest absolute Gasteiger partial charge is 0.457 e. The first kappa shape index (κ1) is 15.6. The topological polar surface area (TPSA) is 29.5 Å². The van der Waals surface area contributed by atoms with Gasteiger partial charge in [0.15, 0.2) is 0 Å². The van der Waals surface area contributed by atoms with Gasteiger partial charge >= 0.3 is 0 Å². The number of aryl methyl sites for hydroxylation is 2. The number of benzene rings is 2. The normalized spacial score (nSPS) is 11.5. The molecule has 0 heterocycles. The molecule has 2 aromatic carbocycles. The van der Waals surface area contributed by atoms with E-state index in [1.54, 1.807) is 0 Å². The van der Waals surface area contributed by atoms with Gasteiger partial charge in [0.1, 0.15) is 11.5 Å². The Bertz CT molecular complexity index is 636. The minimum atomic E-state index is 0.0297. The molecule has 0 saturated heterocycles. The van der Waals surface area contributed by atoms with Crippen LogP contribution in [0.5, 0.6) is 11.5 Å². The van der Waals surface area contributed by atoms with E-state index in [2.05, 4.69) is 45.9 Å². The predicted molar refractivity (Wildman–Crippen MR) is 87.1 cm³/mol. The Morgan fingerprint density at radius 1 is 0.952 bits per heavy atom. The maximum Gasteiger partial charge on any atom is 0.131 e. The zero-order valence-electron chi connectivity index (χ0n) is 13.5. The summed E-state index contributed by atoms with van der Waals surface area (Å²) in [6.45, 7) is 10.7. The van der Waals surface area contributed by atoms with E-state index >= 15 is 0 Å². The molecule has 0 unspecified atom stereocenters. The van der Waals surface area contributed by atoms with Gasteiger partial charge < -0.3 is 9.84 Å². The standard InChI is InChI=1S/C19H24O2/c1-13-6-8-16(19(3,4)5)18(10-13)21-17-9-7-15(12-20)11-14(17)2/h6-11,20H,12H2,1-5H3. The Morgan fingerprint density at radius 2 is 1.67 bits per heavy atom. The van der Waals surface area contributed by atoms with Crippen LogP contribution in [0.2, 0.25) is 0 Å². The van der Waals surface area contributed by atoms with E-state index in [-0.39, 0.29) is 12.0 Å². The van der Waals surface area contributed by atoms with Crippen molar-refractivity contribution in [1.82, 2.24) is 0 Å². The maximum absolute atomic E-state index is 9.19. The molecule has 0 fully saturated rings. The fourth-order valence-corrected chi connectivity index (χ4v) is 2.38. The van der Waals surface area contributed by atoms with Crippen LogP contribution in [-0.4, -0.2) is 5.11 Å². The summed E-state index contributed by atoms with van der Waals surface area (Å²) in [6.07, 6.45) is 0. The van der Waals surface area contributed by atoms with Crippen molar-refractivity contribution < 1.29 is 9.84 Å². The van der Waals surface area contributed by atoms with Gasteiger partial charge in [-0.3, -0.25) is 0 Å². The minimum absolute atomic E-state index is 0.0297. The van der Waals surface area contributed by atoms with Crippen LogP contribution in [0, 0.1) is 13.8 Å². The van der Waals surface area contributed by atoms with E-state index in [4.69, 9.17) is 4.74 Å². The molecule has 0 radical (unpaired) electrons. The Morgan fingerprint density at radius 3 is 2.24 bits per heavy atom. The van der Waals surface area contributed by atoms with E-state index < -0.39 is 0 Å². The van der Waals surface area contributed by atoms with Crippen molar-refractivity contribution in [2.75, 3.05) is 0 Å². The summed E-state index contributed by atoms with van der Waals surface area (Å²) in [6, 6.07) is 12.1. The number of ether oxygens (including phenoxy) is 1. The number of aliphatic hydroxyl groups is 1. The quantitative estimate of drug-likeness (QED) is 0.870. The number of rotatable bonds is 3. The third kappa shape index (κ3) is 3.64. The van der Waals surface area contributed by atoms with Crippen molar-refractivity contribution in [3.63, 3.8) is 0 Å². The first-order chi connectivity index (χ1) is 9.81. The average Bonchev–Trinajstić information content (AvgIpc) is 2.39. The Labute approximate surface area is 127 Å². The summed E-state index contributed by atoms with van der Waals surface area (Å²) < 4.78 is 6.17. The molecule has 2 aromatic rings. The van der Waals surface area contributed by atoms with Gasteiger partial charge in [0.05, 0.1) is 6.61 Å². The SMILES string of the molecule is Cc1ccc(C(C)(C)C)c(Oc2ccc(CO)cc2C)c1. The van der Waals surface area contributed by atoms with Crippen LogP contribution in [-0.2, 0) is 12.0 Å². The van der Waals surface area contributed by atoms with E-state index in [0.29, 0.717) is 0 Å². The highest BCUT2D eigenvalue weighted by molar-refractivity contribution is 5.46. The van der Waals surface area contributed by atoms with Crippen LogP contribution >= 0.6 is 0 Å². The van der Waals surface area contributed by atoms with Crippen molar-refractivity contribution >= 4 is 0 Å². The highest BCUT2D eigenvalue weighted by Crippen LogP contribution is 2.36. The second kappa shape index (κ2) is 5.90. The molecule has 21 heavy (non-hydrogen) atoms. The van der Waals surface area contributed by atoms with Gasteiger partial charge in [0.2, 0.25) is 0 Å². The molecule has 0 atom stereocenters. The van der Waals surface area contributed by atoms with Gasteiger partial charge in [-0.2, -0.15) is 0 Å². The zero-order chi connectivity index (χ0) is 15.6. The fourth-order valence-electron chi connectivity index (χ4n) is 2.38. The summed E-state index contributed by atoms with van der Waals surface area (Å²) >= 11 is 0. The Balaban J connectivity index is 2.41. The molecule has 0 amide bonds. The van der Waals surface area contributed by atoms with Crippen LogP contribution < -0.4 is 4.74 Å². The van der Waals surface area contributed by atoms with Gasteiger partial charge in [0, 0.05) is 5.56 Å². The zero-order valence-corrected chi connectivity index (χ0v) is 13.5. The van der Waals surface area contributed by atoms with Gasteiger partial charge in [-0.05, 0) is 48.1 Å². The third-order valence-electron chi connectivity index (χ3n) is 3.59. The molecule has 0 bridgehead atoms. The average molecular weight is 284 g/mol. The van der Waals surface area contributed by atoms with Gasteiger partial charge in [0.25, 0.3) is 0 Å². The summed E-state index contributed by atoms with van der Waals surface area (Å²) in [7, 11) is 0. The van der Waals surface area contributed by atoms with Crippen LogP contribution in [0.15, 0.2) is 36.4 Å². The first-order valence-corrected chi connectivity index (χ1v) is 7.30.